The van der Waals surface area contributed by atoms with Crippen LogP contribution in [0.15, 0.2) is 11.1 Å². The summed E-state index contributed by atoms with van der Waals surface area (Å²) < 4.78 is 2.49. The highest BCUT2D eigenvalue weighted by atomic mass is 16.2. The van der Waals surface area contributed by atoms with Crippen LogP contribution in [0.3, 0.4) is 0 Å². The van der Waals surface area contributed by atoms with Crippen molar-refractivity contribution in [1.29, 1.82) is 0 Å². The van der Waals surface area contributed by atoms with Crippen LogP contribution in [-0.2, 0) is 18.4 Å². The Morgan fingerprint density at radius 2 is 1.76 bits per heavy atom. The fourth-order valence-corrected chi connectivity index (χ4v) is 3.43. The van der Waals surface area contributed by atoms with Crippen LogP contribution in [0.4, 0.5) is 4.79 Å². The molecule has 0 radical (unpaired) electrons. The lowest BCUT2D eigenvalue weighted by Crippen LogP contribution is -2.55. The number of nitrogens with zero attached hydrogens (tertiary/aromatic N) is 5. The highest BCUT2D eigenvalue weighted by Gasteiger charge is 2.26. The molecule has 3 amide bonds. The van der Waals surface area contributed by atoms with E-state index in [1.165, 1.54) is 30.2 Å². The minimum Gasteiger partial charge on any atom is -0.338 e. The number of carbonyl (C=O) groups excluding carboxylic acids is 2. The number of amides is 3. The largest absolute Gasteiger partial charge is 0.345 e. The highest BCUT2D eigenvalue weighted by molar-refractivity contribution is 5.77. The topological polar surface area (TPSA) is 92.5 Å². The van der Waals surface area contributed by atoms with Crippen LogP contribution in [-0.4, -0.2) is 68.3 Å². The molecule has 9 heteroatoms. The van der Waals surface area contributed by atoms with E-state index in [1.807, 2.05) is 0 Å². The molecule has 25 heavy (non-hydrogen) atoms. The number of urea groups is 1. The average Bonchev–Trinajstić information content (AvgIpc) is 2.94. The first-order valence-corrected chi connectivity index (χ1v) is 8.96. The SMILES string of the molecule is Cn1cnn(CC(=O)N2CCN(C(=O)NC3CCCCC3)CC2)c1=O. The van der Waals surface area contributed by atoms with Gasteiger partial charge in [-0.25, -0.2) is 14.3 Å². The van der Waals surface area contributed by atoms with Crippen molar-refractivity contribution in [3.05, 3.63) is 16.8 Å². The van der Waals surface area contributed by atoms with Gasteiger partial charge in [0.1, 0.15) is 12.9 Å². The predicted octanol–water partition coefficient (Wildman–Crippen LogP) is -0.232. The average molecular weight is 350 g/mol. The Morgan fingerprint density at radius 1 is 1.12 bits per heavy atom. The molecule has 0 atom stereocenters. The lowest BCUT2D eigenvalue weighted by molar-refractivity contribution is -0.133. The number of aromatic nitrogens is 3. The van der Waals surface area contributed by atoms with Crippen LogP contribution in [0, 0.1) is 0 Å². The molecular weight excluding hydrogens is 324 g/mol. The summed E-state index contributed by atoms with van der Waals surface area (Å²) in [5.41, 5.74) is -0.307. The van der Waals surface area contributed by atoms with Crippen LogP contribution in [0.2, 0.25) is 0 Å². The Morgan fingerprint density at radius 3 is 2.36 bits per heavy atom. The zero-order valence-corrected chi connectivity index (χ0v) is 14.7. The lowest BCUT2D eigenvalue weighted by Gasteiger charge is -2.36. The number of carbonyl (C=O) groups is 2. The molecular formula is C16H26N6O3. The molecule has 1 saturated carbocycles. The zero-order valence-electron chi connectivity index (χ0n) is 14.7. The Balaban J connectivity index is 1.46. The number of rotatable bonds is 3. The summed E-state index contributed by atoms with van der Waals surface area (Å²) >= 11 is 0. The third kappa shape index (κ3) is 4.21. The van der Waals surface area contributed by atoms with Crippen molar-refractivity contribution in [2.24, 2.45) is 7.05 Å². The van der Waals surface area contributed by atoms with E-state index in [4.69, 9.17) is 0 Å². The van der Waals surface area contributed by atoms with E-state index in [9.17, 15) is 14.4 Å². The molecule has 0 unspecified atom stereocenters. The summed E-state index contributed by atoms with van der Waals surface area (Å²) in [6.45, 7) is 1.94. The van der Waals surface area contributed by atoms with Gasteiger partial charge < -0.3 is 15.1 Å². The molecule has 2 fully saturated rings. The molecule has 0 spiro atoms. The van der Waals surface area contributed by atoms with Crippen molar-refractivity contribution >= 4 is 11.9 Å². The molecule has 9 nitrogen and oxygen atoms in total. The zero-order chi connectivity index (χ0) is 17.8. The summed E-state index contributed by atoms with van der Waals surface area (Å²) in [6, 6.07) is 0.261. The Labute approximate surface area is 146 Å². The second kappa shape index (κ2) is 7.71. The summed E-state index contributed by atoms with van der Waals surface area (Å²) in [6.07, 6.45) is 7.13. The van der Waals surface area contributed by atoms with Gasteiger partial charge in [-0.3, -0.25) is 9.36 Å². The maximum absolute atomic E-state index is 12.3. The molecule has 2 heterocycles. The molecule has 1 aliphatic heterocycles. The van der Waals surface area contributed by atoms with Crippen LogP contribution in [0.25, 0.3) is 0 Å². The van der Waals surface area contributed by atoms with Gasteiger partial charge in [0.15, 0.2) is 0 Å². The number of aryl methyl sites for hydroxylation is 1. The van der Waals surface area contributed by atoms with Crippen LogP contribution in [0.1, 0.15) is 32.1 Å². The molecule has 1 aromatic heterocycles. The fourth-order valence-electron chi connectivity index (χ4n) is 3.43. The first-order chi connectivity index (χ1) is 12.0. The predicted molar refractivity (Wildman–Crippen MR) is 91.0 cm³/mol. The van der Waals surface area contributed by atoms with E-state index in [2.05, 4.69) is 10.4 Å². The lowest BCUT2D eigenvalue weighted by atomic mass is 9.96. The van der Waals surface area contributed by atoms with E-state index < -0.39 is 0 Å². The minimum absolute atomic E-state index is 0.0278. The maximum Gasteiger partial charge on any atom is 0.345 e. The third-order valence-electron chi connectivity index (χ3n) is 5.02. The van der Waals surface area contributed by atoms with Gasteiger partial charge in [0.25, 0.3) is 0 Å². The van der Waals surface area contributed by atoms with Gasteiger partial charge in [-0.05, 0) is 12.8 Å². The number of hydrogen-bond acceptors (Lipinski definition) is 4. The molecule has 2 aliphatic rings. The molecule has 138 valence electrons. The van der Waals surface area contributed by atoms with Crippen molar-refractivity contribution in [2.75, 3.05) is 26.2 Å². The van der Waals surface area contributed by atoms with E-state index in [1.54, 1.807) is 16.8 Å². The van der Waals surface area contributed by atoms with Crippen molar-refractivity contribution in [1.82, 2.24) is 29.5 Å². The molecule has 3 rings (SSSR count). The van der Waals surface area contributed by atoms with Crippen molar-refractivity contribution < 1.29 is 9.59 Å². The normalized spacial score (nSPS) is 19.1. The van der Waals surface area contributed by atoms with Gasteiger partial charge in [0.05, 0.1) is 0 Å². The summed E-state index contributed by atoms with van der Waals surface area (Å²) in [7, 11) is 1.60. The number of hydrogen-bond donors (Lipinski definition) is 1. The van der Waals surface area contributed by atoms with Crippen LogP contribution >= 0.6 is 0 Å². The Kier molecular flexibility index (Phi) is 5.40. The third-order valence-corrected chi connectivity index (χ3v) is 5.02. The van der Waals surface area contributed by atoms with Gasteiger partial charge in [0.2, 0.25) is 5.91 Å². The van der Waals surface area contributed by atoms with Gasteiger partial charge in [-0.15, -0.1) is 0 Å². The molecule has 1 saturated heterocycles. The number of piperazine rings is 1. The second-order valence-electron chi connectivity index (χ2n) is 6.83. The van der Waals surface area contributed by atoms with Crippen molar-refractivity contribution in [3.8, 4) is 0 Å². The fraction of sp³-hybridized carbons (Fsp3) is 0.750. The van der Waals surface area contributed by atoms with Crippen molar-refractivity contribution in [2.45, 2.75) is 44.7 Å². The van der Waals surface area contributed by atoms with Crippen LogP contribution < -0.4 is 11.0 Å². The quantitative estimate of drug-likeness (QED) is 0.815. The van der Waals surface area contributed by atoms with E-state index in [0.717, 1.165) is 17.5 Å². The maximum atomic E-state index is 12.3. The van der Waals surface area contributed by atoms with Gasteiger partial charge in [-0.2, -0.15) is 5.10 Å². The summed E-state index contributed by atoms with van der Waals surface area (Å²) in [5.74, 6) is -0.145. The number of nitrogens with one attached hydrogen (secondary N) is 1. The molecule has 1 N–H and O–H groups in total. The van der Waals surface area contributed by atoms with Gasteiger partial charge in [-0.1, -0.05) is 19.3 Å². The molecule has 0 bridgehead atoms. The minimum atomic E-state index is -0.307. The monoisotopic (exact) mass is 350 g/mol. The van der Waals surface area contributed by atoms with E-state index in [0.29, 0.717) is 26.2 Å². The Hall–Kier alpha value is -2.32. The molecule has 0 aromatic carbocycles. The Bertz CT molecular complexity index is 668. The summed E-state index contributed by atoms with van der Waals surface area (Å²) in [5, 5.41) is 7.01. The van der Waals surface area contributed by atoms with E-state index >= 15 is 0 Å². The molecule has 1 aliphatic carbocycles. The smallest absolute Gasteiger partial charge is 0.338 e. The summed E-state index contributed by atoms with van der Waals surface area (Å²) in [4.78, 5) is 39.9. The van der Waals surface area contributed by atoms with Gasteiger partial charge >= 0.3 is 11.7 Å². The molecule has 1 aromatic rings. The van der Waals surface area contributed by atoms with Gasteiger partial charge in [0, 0.05) is 39.3 Å². The van der Waals surface area contributed by atoms with Crippen molar-refractivity contribution in [3.63, 3.8) is 0 Å². The highest BCUT2D eigenvalue weighted by Crippen LogP contribution is 2.17. The standard InChI is InChI=1S/C16H26N6O3/c1-19-12-17-22(16(19)25)11-14(23)20-7-9-21(10-8-20)15(24)18-13-5-3-2-4-6-13/h12-13H,2-11H2,1H3,(H,18,24). The first-order valence-electron chi connectivity index (χ1n) is 8.96. The van der Waals surface area contributed by atoms with E-state index in [-0.39, 0.29) is 30.2 Å². The first kappa shape index (κ1) is 17.5. The second-order valence-corrected chi connectivity index (χ2v) is 6.83. The van der Waals surface area contributed by atoms with Crippen LogP contribution in [0.5, 0.6) is 0 Å².